The van der Waals surface area contributed by atoms with Crippen LogP contribution >= 0.6 is 15.9 Å². The first kappa shape index (κ1) is 14.8. The van der Waals surface area contributed by atoms with Crippen LogP contribution in [0.4, 0.5) is 0 Å². The van der Waals surface area contributed by atoms with Gasteiger partial charge in [0.05, 0.1) is 0 Å². The van der Waals surface area contributed by atoms with Gasteiger partial charge in [0, 0.05) is 17.6 Å². The van der Waals surface area contributed by atoms with Crippen molar-refractivity contribution >= 4 is 27.7 Å². The minimum atomic E-state index is -0.384. The number of carbonyl (C=O) groups excluding carboxylic acids is 2. The molecule has 20 heavy (non-hydrogen) atoms. The molecule has 0 aromatic heterocycles. The second kappa shape index (κ2) is 6.74. The van der Waals surface area contributed by atoms with Crippen LogP contribution in [0.5, 0.6) is 5.75 Å². The highest BCUT2D eigenvalue weighted by atomic mass is 79.9. The molecule has 1 saturated heterocycles. The van der Waals surface area contributed by atoms with E-state index in [1.165, 1.54) is 0 Å². The van der Waals surface area contributed by atoms with E-state index < -0.39 is 0 Å². The van der Waals surface area contributed by atoms with Gasteiger partial charge in [-0.2, -0.15) is 0 Å². The SMILES string of the molecule is CCC1C(=O)NCCN1C(=O)COc1ccc(Br)cc1. The number of ether oxygens (including phenoxy) is 1. The molecule has 2 amide bonds. The first-order valence-corrected chi connectivity index (χ1v) is 7.36. The molecule has 1 N–H and O–H groups in total. The standard InChI is InChI=1S/C14H17BrN2O3/c1-2-12-14(19)16-7-8-17(12)13(18)9-20-11-5-3-10(15)4-6-11/h3-6,12H,2,7-9H2,1H3,(H,16,19). The van der Waals surface area contributed by atoms with E-state index >= 15 is 0 Å². The number of piperazine rings is 1. The molecule has 1 aromatic rings. The zero-order valence-electron chi connectivity index (χ0n) is 11.3. The van der Waals surface area contributed by atoms with Gasteiger partial charge in [-0.15, -0.1) is 0 Å². The third kappa shape index (κ3) is 3.50. The molecule has 1 unspecified atom stereocenters. The van der Waals surface area contributed by atoms with Crippen LogP contribution in [0, 0.1) is 0 Å². The summed E-state index contributed by atoms with van der Waals surface area (Å²) in [6.07, 6.45) is 0.607. The van der Waals surface area contributed by atoms with Gasteiger partial charge in [-0.05, 0) is 30.7 Å². The average Bonchev–Trinajstić information content (AvgIpc) is 2.46. The molecule has 1 aliphatic heterocycles. The maximum atomic E-state index is 12.2. The Morgan fingerprint density at radius 3 is 2.80 bits per heavy atom. The first-order valence-electron chi connectivity index (χ1n) is 6.57. The van der Waals surface area contributed by atoms with E-state index in [-0.39, 0.29) is 24.5 Å². The minimum absolute atomic E-state index is 0.0502. The normalized spacial score (nSPS) is 18.6. The Kier molecular flexibility index (Phi) is 5.00. The van der Waals surface area contributed by atoms with Gasteiger partial charge in [0.25, 0.3) is 5.91 Å². The van der Waals surface area contributed by atoms with Gasteiger partial charge in [-0.1, -0.05) is 22.9 Å². The topological polar surface area (TPSA) is 58.6 Å². The van der Waals surface area contributed by atoms with E-state index in [0.717, 1.165) is 4.47 Å². The molecule has 5 nitrogen and oxygen atoms in total. The Balaban J connectivity index is 1.93. The van der Waals surface area contributed by atoms with E-state index in [0.29, 0.717) is 25.3 Å². The quantitative estimate of drug-likeness (QED) is 0.904. The third-order valence-corrected chi connectivity index (χ3v) is 3.74. The lowest BCUT2D eigenvalue weighted by atomic mass is 10.1. The predicted octanol–water partition coefficient (Wildman–Crippen LogP) is 1.56. The van der Waals surface area contributed by atoms with E-state index in [1.54, 1.807) is 17.0 Å². The summed E-state index contributed by atoms with van der Waals surface area (Å²) in [7, 11) is 0. The van der Waals surface area contributed by atoms with Crippen molar-refractivity contribution in [2.24, 2.45) is 0 Å². The van der Waals surface area contributed by atoms with Crippen molar-refractivity contribution in [3.63, 3.8) is 0 Å². The molecule has 1 fully saturated rings. The molecule has 0 aliphatic carbocycles. The van der Waals surface area contributed by atoms with Crippen molar-refractivity contribution < 1.29 is 14.3 Å². The van der Waals surface area contributed by atoms with Crippen LogP contribution in [0.15, 0.2) is 28.7 Å². The summed E-state index contributed by atoms with van der Waals surface area (Å²) in [5, 5.41) is 2.77. The van der Waals surface area contributed by atoms with Gasteiger partial charge < -0.3 is 15.0 Å². The zero-order chi connectivity index (χ0) is 14.5. The summed E-state index contributed by atoms with van der Waals surface area (Å²) < 4.78 is 6.41. The molecule has 0 bridgehead atoms. The number of nitrogens with zero attached hydrogens (tertiary/aromatic N) is 1. The maximum absolute atomic E-state index is 12.2. The van der Waals surface area contributed by atoms with Gasteiger partial charge in [0.1, 0.15) is 11.8 Å². The molecule has 0 radical (unpaired) electrons. The number of benzene rings is 1. The molecule has 1 aromatic carbocycles. The lowest BCUT2D eigenvalue weighted by molar-refractivity contribution is -0.144. The number of rotatable bonds is 4. The van der Waals surface area contributed by atoms with Crippen molar-refractivity contribution in [2.45, 2.75) is 19.4 Å². The number of amides is 2. The van der Waals surface area contributed by atoms with E-state index in [2.05, 4.69) is 21.2 Å². The van der Waals surface area contributed by atoms with Gasteiger partial charge in [-0.25, -0.2) is 0 Å². The van der Waals surface area contributed by atoms with E-state index in [4.69, 9.17) is 4.74 Å². The van der Waals surface area contributed by atoms with E-state index in [1.807, 2.05) is 19.1 Å². The summed E-state index contributed by atoms with van der Waals surface area (Å²) in [4.78, 5) is 25.5. The Morgan fingerprint density at radius 1 is 1.45 bits per heavy atom. The number of carbonyl (C=O) groups is 2. The third-order valence-electron chi connectivity index (χ3n) is 3.21. The fraction of sp³-hybridized carbons (Fsp3) is 0.429. The minimum Gasteiger partial charge on any atom is -0.484 e. The number of hydrogen-bond donors (Lipinski definition) is 1. The van der Waals surface area contributed by atoms with Crippen LogP contribution in [0.2, 0.25) is 0 Å². The molecule has 2 rings (SSSR count). The zero-order valence-corrected chi connectivity index (χ0v) is 12.9. The lowest BCUT2D eigenvalue weighted by Gasteiger charge is -2.34. The average molecular weight is 341 g/mol. The number of nitrogens with one attached hydrogen (secondary N) is 1. The van der Waals surface area contributed by atoms with Crippen molar-refractivity contribution in [1.29, 1.82) is 0 Å². The fourth-order valence-corrected chi connectivity index (χ4v) is 2.44. The van der Waals surface area contributed by atoms with Crippen molar-refractivity contribution in [3.8, 4) is 5.75 Å². The van der Waals surface area contributed by atoms with Crippen molar-refractivity contribution in [3.05, 3.63) is 28.7 Å². The van der Waals surface area contributed by atoms with Crippen LogP contribution in [0.25, 0.3) is 0 Å². The molecule has 108 valence electrons. The Morgan fingerprint density at radius 2 is 2.15 bits per heavy atom. The molecule has 1 atom stereocenters. The van der Waals surface area contributed by atoms with E-state index in [9.17, 15) is 9.59 Å². The highest BCUT2D eigenvalue weighted by molar-refractivity contribution is 9.10. The molecule has 0 saturated carbocycles. The summed E-state index contributed by atoms with van der Waals surface area (Å²) in [5.41, 5.74) is 0. The molecule has 1 aliphatic rings. The monoisotopic (exact) mass is 340 g/mol. The Hall–Kier alpha value is -1.56. The highest BCUT2D eigenvalue weighted by Gasteiger charge is 2.31. The molecular weight excluding hydrogens is 324 g/mol. The predicted molar refractivity (Wildman–Crippen MR) is 78.4 cm³/mol. The van der Waals surface area contributed by atoms with Crippen LogP contribution in [0.1, 0.15) is 13.3 Å². The highest BCUT2D eigenvalue weighted by Crippen LogP contribution is 2.16. The fourth-order valence-electron chi connectivity index (χ4n) is 2.18. The van der Waals surface area contributed by atoms with Gasteiger partial charge in [0.15, 0.2) is 6.61 Å². The van der Waals surface area contributed by atoms with Crippen LogP contribution in [0.3, 0.4) is 0 Å². The molecular formula is C14H17BrN2O3. The second-order valence-corrected chi connectivity index (χ2v) is 5.46. The molecule has 0 spiro atoms. The van der Waals surface area contributed by atoms with Crippen molar-refractivity contribution in [1.82, 2.24) is 10.2 Å². The summed E-state index contributed by atoms with van der Waals surface area (Å²) in [6.45, 7) is 2.88. The van der Waals surface area contributed by atoms with Crippen LogP contribution in [-0.4, -0.2) is 42.5 Å². The van der Waals surface area contributed by atoms with Gasteiger partial charge in [-0.3, -0.25) is 9.59 Å². The Bertz CT molecular complexity index is 490. The van der Waals surface area contributed by atoms with Crippen LogP contribution in [-0.2, 0) is 9.59 Å². The second-order valence-electron chi connectivity index (χ2n) is 4.54. The summed E-state index contributed by atoms with van der Waals surface area (Å²) >= 11 is 3.34. The van der Waals surface area contributed by atoms with Crippen molar-refractivity contribution in [2.75, 3.05) is 19.7 Å². The molecule has 1 heterocycles. The summed E-state index contributed by atoms with van der Waals surface area (Å²) in [6, 6.07) is 6.89. The largest absolute Gasteiger partial charge is 0.484 e. The first-order chi connectivity index (χ1) is 9.61. The number of halogens is 1. The molecule has 6 heteroatoms. The summed E-state index contributed by atoms with van der Waals surface area (Å²) in [5.74, 6) is 0.390. The maximum Gasteiger partial charge on any atom is 0.261 e. The van der Waals surface area contributed by atoms with Crippen LogP contribution < -0.4 is 10.1 Å². The lowest BCUT2D eigenvalue weighted by Crippen LogP contribution is -2.57. The Labute approximate surface area is 126 Å². The smallest absolute Gasteiger partial charge is 0.261 e. The number of hydrogen-bond acceptors (Lipinski definition) is 3. The van der Waals surface area contributed by atoms with Gasteiger partial charge >= 0.3 is 0 Å². The van der Waals surface area contributed by atoms with Gasteiger partial charge in [0.2, 0.25) is 5.91 Å².